The van der Waals surface area contributed by atoms with Gasteiger partial charge in [-0.2, -0.15) is 0 Å². The van der Waals surface area contributed by atoms with Crippen LogP contribution in [0.5, 0.6) is 5.75 Å². The van der Waals surface area contributed by atoms with Crippen LogP contribution in [0.2, 0.25) is 0 Å². The fourth-order valence-electron chi connectivity index (χ4n) is 2.00. The minimum Gasteiger partial charge on any atom is -0.491 e. The number of ether oxygens (including phenoxy) is 2. The molecule has 0 unspecified atom stereocenters. The second kappa shape index (κ2) is 6.33. The molecule has 0 aliphatic carbocycles. The first-order chi connectivity index (χ1) is 9.16. The molecule has 0 spiro atoms. The second-order valence-corrected chi connectivity index (χ2v) is 4.46. The van der Waals surface area contributed by atoms with Crippen molar-refractivity contribution in [2.24, 2.45) is 0 Å². The molecule has 1 N–H and O–H groups in total. The van der Waals surface area contributed by atoms with Crippen LogP contribution >= 0.6 is 0 Å². The average Bonchev–Trinajstić information content (AvgIpc) is 2.90. The summed E-state index contributed by atoms with van der Waals surface area (Å²) in [5.74, 6) is -1.71. The van der Waals surface area contributed by atoms with Crippen molar-refractivity contribution in [3.63, 3.8) is 0 Å². The fraction of sp³-hybridized carbons (Fsp3) is 0.429. The first-order valence-electron chi connectivity index (χ1n) is 6.25. The van der Waals surface area contributed by atoms with Crippen molar-refractivity contribution in [2.45, 2.75) is 25.4 Å². The third kappa shape index (κ3) is 3.79. The van der Waals surface area contributed by atoms with Gasteiger partial charge in [0.25, 0.3) is 0 Å². The quantitative estimate of drug-likeness (QED) is 0.787. The molecule has 1 aromatic carbocycles. The lowest BCUT2D eigenvalue weighted by molar-refractivity contribution is -0.148. The monoisotopic (exact) mass is 264 g/mol. The highest BCUT2D eigenvalue weighted by molar-refractivity contribution is 6.33. The van der Waals surface area contributed by atoms with E-state index in [0.717, 1.165) is 19.4 Å². The number of benzene rings is 1. The smallest absolute Gasteiger partial charge is 0.372 e. The van der Waals surface area contributed by atoms with Crippen LogP contribution in [0.15, 0.2) is 24.3 Å². The molecule has 0 saturated carbocycles. The highest BCUT2D eigenvalue weighted by atomic mass is 16.5. The summed E-state index contributed by atoms with van der Waals surface area (Å²) in [7, 11) is 0. The molecule has 0 amide bonds. The molecular formula is C14H16O5. The number of aliphatic carboxylic acids is 1. The SMILES string of the molecule is O=C(O)C(=O)Cc1ccccc1OC[C@@H]1CCCO1. The lowest BCUT2D eigenvalue weighted by Crippen LogP contribution is -2.18. The van der Waals surface area contributed by atoms with Crippen LogP contribution in [0.3, 0.4) is 0 Å². The second-order valence-electron chi connectivity index (χ2n) is 4.46. The van der Waals surface area contributed by atoms with Gasteiger partial charge in [0.05, 0.1) is 6.10 Å². The molecule has 5 nitrogen and oxygen atoms in total. The zero-order valence-corrected chi connectivity index (χ0v) is 10.5. The zero-order valence-electron chi connectivity index (χ0n) is 10.5. The van der Waals surface area contributed by atoms with E-state index in [4.69, 9.17) is 14.6 Å². The van der Waals surface area contributed by atoms with Crippen LogP contribution in [-0.4, -0.2) is 36.2 Å². The standard InChI is InChI=1S/C14H16O5/c15-12(14(16)17)8-10-4-1-2-6-13(10)19-9-11-5-3-7-18-11/h1-2,4,6,11H,3,5,7-9H2,(H,16,17)/t11-/m0/s1. The van der Waals surface area contributed by atoms with E-state index < -0.39 is 11.8 Å². The van der Waals surface area contributed by atoms with Gasteiger partial charge in [-0.1, -0.05) is 18.2 Å². The molecular weight excluding hydrogens is 248 g/mol. The Morgan fingerprint density at radius 2 is 2.16 bits per heavy atom. The lowest BCUT2D eigenvalue weighted by atomic mass is 10.1. The number of carboxylic acids is 1. The van der Waals surface area contributed by atoms with Crippen molar-refractivity contribution >= 4 is 11.8 Å². The third-order valence-corrected chi connectivity index (χ3v) is 3.01. The van der Waals surface area contributed by atoms with Crippen molar-refractivity contribution in [2.75, 3.05) is 13.2 Å². The predicted molar refractivity (Wildman–Crippen MR) is 67.3 cm³/mol. The minimum atomic E-state index is -1.42. The number of carbonyl (C=O) groups excluding carboxylic acids is 1. The van der Waals surface area contributed by atoms with Gasteiger partial charge in [-0.25, -0.2) is 4.79 Å². The molecule has 2 rings (SSSR count). The topological polar surface area (TPSA) is 72.8 Å². The maximum atomic E-state index is 11.2. The lowest BCUT2D eigenvalue weighted by Gasteiger charge is -2.14. The average molecular weight is 264 g/mol. The van der Waals surface area contributed by atoms with E-state index in [1.54, 1.807) is 24.3 Å². The summed E-state index contributed by atoms with van der Waals surface area (Å²) in [6, 6.07) is 6.98. The van der Waals surface area contributed by atoms with Crippen molar-refractivity contribution < 1.29 is 24.2 Å². The number of carbonyl (C=O) groups is 2. The van der Waals surface area contributed by atoms with E-state index >= 15 is 0 Å². The third-order valence-electron chi connectivity index (χ3n) is 3.01. The van der Waals surface area contributed by atoms with Gasteiger partial charge in [-0.15, -0.1) is 0 Å². The van der Waals surface area contributed by atoms with Crippen molar-refractivity contribution in [1.29, 1.82) is 0 Å². The normalized spacial score (nSPS) is 18.2. The molecule has 1 fully saturated rings. The predicted octanol–water partition coefficient (Wildman–Crippen LogP) is 1.44. The van der Waals surface area contributed by atoms with Gasteiger partial charge in [-0.3, -0.25) is 4.79 Å². The zero-order chi connectivity index (χ0) is 13.7. The number of Topliss-reactive ketones (excluding diaryl/α,β-unsaturated/α-hetero) is 1. The van der Waals surface area contributed by atoms with Gasteiger partial charge < -0.3 is 14.6 Å². The molecule has 0 radical (unpaired) electrons. The van der Waals surface area contributed by atoms with Gasteiger partial charge in [0.15, 0.2) is 0 Å². The van der Waals surface area contributed by atoms with Crippen LogP contribution in [0.4, 0.5) is 0 Å². The summed E-state index contributed by atoms with van der Waals surface area (Å²) in [5.41, 5.74) is 0.591. The molecule has 19 heavy (non-hydrogen) atoms. The Balaban J connectivity index is 1.98. The molecule has 0 aromatic heterocycles. The highest BCUT2D eigenvalue weighted by Gasteiger charge is 2.18. The first kappa shape index (κ1) is 13.5. The Bertz CT molecular complexity index is 463. The molecule has 1 heterocycles. The maximum Gasteiger partial charge on any atom is 0.372 e. The number of hydrogen-bond donors (Lipinski definition) is 1. The van der Waals surface area contributed by atoms with E-state index in [1.165, 1.54) is 0 Å². The Morgan fingerprint density at radius 3 is 2.84 bits per heavy atom. The Labute approximate surface area is 111 Å². The summed E-state index contributed by atoms with van der Waals surface area (Å²) in [5, 5.41) is 8.63. The van der Waals surface area contributed by atoms with Crippen LogP contribution in [0, 0.1) is 0 Å². The van der Waals surface area contributed by atoms with Crippen LogP contribution in [0.25, 0.3) is 0 Å². The molecule has 1 atom stereocenters. The van der Waals surface area contributed by atoms with E-state index in [9.17, 15) is 9.59 Å². The highest BCUT2D eigenvalue weighted by Crippen LogP contribution is 2.21. The summed E-state index contributed by atoms with van der Waals surface area (Å²) < 4.78 is 11.1. The molecule has 1 saturated heterocycles. The van der Waals surface area contributed by atoms with Gasteiger partial charge >= 0.3 is 5.97 Å². The van der Waals surface area contributed by atoms with Gasteiger partial charge in [0.1, 0.15) is 12.4 Å². The number of ketones is 1. The number of carboxylic acid groups (broad SMARTS) is 1. The van der Waals surface area contributed by atoms with Gasteiger partial charge in [0.2, 0.25) is 5.78 Å². The summed E-state index contributed by atoms with van der Waals surface area (Å²) in [6.07, 6.45) is 1.93. The summed E-state index contributed by atoms with van der Waals surface area (Å²) in [6.45, 7) is 1.19. The molecule has 5 heteroatoms. The molecule has 1 aliphatic rings. The first-order valence-corrected chi connectivity index (χ1v) is 6.25. The number of para-hydroxylation sites is 1. The van der Waals surface area contributed by atoms with Gasteiger partial charge in [0, 0.05) is 18.6 Å². The van der Waals surface area contributed by atoms with Crippen LogP contribution in [-0.2, 0) is 20.7 Å². The van der Waals surface area contributed by atoms with E-state index in [-0.39, 0.29) is 12.5 Å². The van der Waals surface area contributed by atoms with Crippen molar-refractivity contribution in [3.05, 3.63) is 29.8 Å². The number of hydrogen-bond acceptors (Lipinski definition) is 4. The van der Waals surface area contributed by atoms with Crippen molar-refractivity contribution in [3.8, 4) is 5.75 Å². The minimum absolute atomic E-state index is 0.0863. The maximum absolute atomic E-state index is 11.2. The van der Waals surface area contributed by atoms with Crippen molar-refractivity contribution in [1.82, 2.24) is 0 Å². The molecule has 1 aliphatic heterocycles. The van der Waals surface area contributed by atoms with Crippen LogP contribution in [0.1, 0.15) is 18.4 Å². The fourth-order valence-corrected chi connectivity index (χ4v) is 2.00. The van der Waals surface area contributed by atoms with E-state index in [0.29, 0.717) is 17.9 Å². The largest absolute Gasteiger partial charge is 0.491 e. The van der Waals surface area contributed by atoms with E-state index in [2.05, 4.69) is 0 Å². The Hall–Kier alpha value is -1.88. The Kier molecular flexibility index (Phi) is 4.52. The summed E-state index contributed by atoms with van der Waals surface area (Å²) in [4.78, 5) is 21.8. The van der Waals surface area contributed by atoms with E-state index in [1.807, 2.05) is 0 Å². The number of rotatable bonds is 6. The molecule has 1 aromatic rings. The Morgan fingerprint density at radius 1 is 1.37 bits per heavy atom. The van der Waals surface area contributed by atoms with Gasteiger partial charge in [-0.05, 0) is 18.9 Å². The van der Waals surface area contributed by atoms with Crippen LogP contribution < -0.4 is 4.74 Å². The molecule has 0 bridgehead atoms. The molecule has 102 valence electrons. The summed E-state index contributed by atoms with van der Waals surface area (Å²) >= 11 is 0.